The molecule has 1 aromatic carbocycles. The summed E-state index contributed by atoms with van der Waals surface area (Å²) in [6, 6.07) is 10.8. The van der Waals surface area contributed by atoms with Gasteiger partial charge in [0.05, 0.1) is 11.7 Å². The zero-order valence-corrected chi connectivity index (χ0v) is 11.3. The van der Waals surface area contributed by atoms with E-state index >= 15 is 0 Å². The first-order valence-electron chi connectivity index (χ1n) is 6.43. The number of aryl methyl sites for hydroxylation is 1. The van der Waals surface area contributed by atoms with Crippen molar-refractivity contribution in [1.29, 1.82) is 0 Å². The van der Waals surface area contributed by atoms with Crippen molar-refractivity contribution in [2.45, 2.75) is 39.3 Å². The molecule has 0 bridgehead atoms. The number of rotatable bonds is 4. The molecule has 1 atom stereocenters. The third-order valence-electron chi connectivity index (χ3n) is 3.27. The van der Waals surface area contributed by atoms with Crippen LogP contribution in [0.2, 0.25) is 0 Å². The Balaban J connectivity index is 2.20. The second-order valence-electron chi connectivity index (χ2n) is 5.03. The molecule has 2 rings (SSSR count). The van der Waals surface area contributed by atoms with E-state index in [1.165, 1.54) is 11.1 Å². The predicted molar refractivity (Wildman–Crippen MR) is 74.4 cm³/mol. The minimum Gasteiger partial charge on any atom is -0.322 e. The maximum absolute atomic E-state index is 6.32. The van der Waals surface area contributed by atoms with E-state index in [0.717, 1.165) is 12.1 Å². The zero-order chi connectivity index (χ0) is 13.1. The number of hydrogen-bond donors (Lipinski definition) is 1. The fraction of sp³-hybridized carbons (Fsp3) is 0.400. The molecule has 96 valence electrons. The minimum absolute atomic E-state index is 0.00370. The summed E-state index contributed by atoms with van der Waals surface area (Å²) in [5.41, 5.74) is 10.0. The molecule has 0 aliphatic rings. The van der Waals surface area contributed by atoms with Crippen molar-refractivity contribution in [3.63, 3.8) is 0 Å². The van der Waals surface area contributed by atoms with Gasteiger partial charge in [0.25, 0.3) is 0 Å². The fourth-order valence-corrected chi connectivity index (χ4v) is 2.23. The first-order chi connectivity index (χ1) is 8.59. The van der Waals surface area contributed by atoms with E-state index in [0.29, 0.717) is 6.04 Å². The van der Waals surface area contributed by atoms with Gasteiger partial charge in [-0.25, -0.2) is 0 Å². The molecule has 0 spiro atoms. The summed E-state index contributed by atoms with van der Waals surface area (Å²) in [5, 5.41) is 4.34. The molecular weight excluding hydrogens is 222 g/mol. The van der Waals surface area contributed by atoms with Gasteiger partial charge in [-0.05, 0) is 44.4 Å². The van der Waals surface area contributed by atoms with Gasteiger partial charge >= 0.3 is 0 Å². The van der Waals surface area contributed by atoms with Crippen LogP contribution in [0.15, 0.2) is 36.5 Å². The highest BCUT2D eigenvalue weighted by Gasteiger charge is 2.14. The van der Waals surface area contributed by atoms with Gasteiger partial charge in [0.1, 0.15) is 0 Å². The monoisotopic (exact) mass is 243 g/mol. The molecule has 1 unspecified atom stereocenters. The molecule has 1 aromatic heterocycles. The fourth-order valence-electron chi connectivity index (χ4n) is 2.23. The molecule has 0 fully saturated rings. The van der Waals surface area contributed by atoms with Crippen LogP contribution in [0, 0.1) is 6.92 Å². The predicted octanol–water partition coefficient (Wildman–Crippen LogP) is 3.01. The lowest BCUT2D eigenvalue weighted by molar-refractivity contribution is 0.485. The molecule has 0 amide bonds. The van der Waals surface area contributed by atoms with Crippen LogP contribution in [-0.2, 0) is 6.42 Å². The smallest absolute Gasteiger partial charge is 0.0557 e. The van der Waals surface area contributed by atoms with Crippen LogP contribution in [0.5, 0.6) is 0 Å². The number of hydrogen-bond acceptors (Lipinski definition) is 2. The molecule has 0 saturated carbocycles. The zero-order valence-electron chi connectivity index (χ0n) is 11.3. The molecular formula is C15H21N3. The Bertz CT molecular complexity index is 514. The lowest BCUT2D eigenvalue weighted by Crippen LogP contribution is -2.20. The van der Waals surface area contributed by atoms with Crippen molar-refractivity contribution >= 4 is 0 Å². The highest BCUT2D eigenvalue weighted by molar-refractivity contribution is 5.27. The van der Waals surface area contributed by atoms with Crippen LogP contribution in [0.4, 0.5) is 0 Å². The highest BCUT2D eigenvalue weighted by Crippen LogP contribution is 2.20. The van der Waals surface area contributed by atoms with Crippen molar-refractivity contribution < 1.29 is 0 Å². The third kappa shape index (κ3) is 2.62. The summed E-state index contributed by atoms with van der Waals surface area (Å²) in [7, 11) is 0. The van der Waals surface area contributed by atoms with Gasteiger partial charge < -0.3 is 5.73 Å². The second-order valence-corrected chi connectivity index (χ2v) is 5.03. The molecule has 2 aromatic rings. The Morgan fingerprint density at radius 2 is 1.94 bits per heavy atom. The van der Waals surface area contributed by atoms with E-state index in [4.69, 9.17) is 5.73 Å². The SMILES string of the molecule is Cc1ccccc1CC(N)c1ccnn1C(C)C. The summed E-state index contributed by atoms with van der Waals surface area (Å²) in [6.07, 6.45) is 2.68. The van der Waals surface area contributed by atoms with E-state index in [1.54, 1.807) is 0 Å². The summed E-state index contributed by atoms with van der Waals surface area (Å²) in [4.78, 5) is 0. The van der Waals surface area contributed by atoms with E-state index in [1.807, 2.05) is 16.9 Å². The molecule has 0 radical (unpaired) electrons. The maximum Gasteiger partial charge on any atom is 0.0557 e. The van der Waals surface area contributed by atoms with E-state index in [2.05, 4.69) is 50.1 Å². The molecule has 3 nitrogen and oxygen atoms in total. The van der Waals surface area contributed by atoms with E-state index in [-0.39, 0.29) is 6.04 Å². The summed E-state index contributed by atoms with van der Waals surface area (Å²) >= 11 is 0. The summed E-state index contributed by atoms with van der Waals surface area (Å²) in [6.45, 7) is 6.37. The number of aromatic nitrogens is 2. The number of nitrogens with zero attached hydrogens (tertiary/aromatic N) is 2. The van der Waals surface area contributed by atoms with E-state index in [9.17, 15) is 0 Å². The lowest BCUT2D eigenvalue weighted by Gasteiger charge is -2.17. The van der Waals surface area contributed by atoms with Crippen molar-refractivity contribution in [2.24, 2.45) is 5.73 Å². The van der Waals surface area contributed by atoms with Crippen LogP contribution >= 0.6 is 0 Å². The van der Waals surface area contributed by atoms with E-state index < -0.39 is 0 Å². The van der Waals surface area contributed by atoms with Crippen molar-refractivity contribution in [3.8, 4) is 0 Å². The molecule has 2 N–H and O–H groups in total. The molecule has 0 aliphatic heterocycles. The maximum atomic E-state index is 6.32. The standard InChI is InChI=1S/C15H21N3/c1-11(2)18-15(8-9-17-18)14(16)10-13-7-5-4-6-12(13)3/h4-9,11,14H,10,16H2,1-3H3. The van der Waals surface area contributed by atoms with Crippen LogP contribution in [0.1, 0.15) is 42.8 Å². The van der Waals surface area contributed by atoms with Crippen molar-refractivity contribution in [2.75, 3.05) is 0 Å². The van der Waals surface area contributed by atoms with Crippen molar-refractivity contribution in [1.82, 2.24) is 9.78 Å². The molecule has 18 heavy (non-hydrogen) atoms. The Hall–Kier alpha value is -1.61. The van der Waals surface area contributed by atoms with Crippen LogP contribution in [0.25, 0.3) is 0 Å². The van der Waals surface area contributed by atoms with Gasteiger partial charge in [-0.1, -0.05) is 24.3 Å². The average molecular weight is 243 g/mol. The molecule has 0 saturated heterocycles. The topological polar surface area (TPSA) is 43.8 Å². The van der Waals surface area contributed by atoms with Gasteiger partial charge in [-0.2, -0.15) is 5.10 Å². The minimum atomic E-state index is -0.00370. The summed E-state index contributed by atoms with van der Waals surface area (Å²) < 4.78 is 2.00. The first kappa shape index (κ1) is 12.8. The molecule has 0 aliphatic carbocycles. The van der Waals surface area contributed by atoms with Gasteiger partial charge in [-0.3, -0.25) is 4.68 Å². The number of benzene rings is 1. The molecule has 1 heterocycles. The lowest BCUT2D eigenvalue weighted by atomic mass is 10.00. The van der Waals surface area contributed by atoms with Crippen molar-refractivity contribution in [3.05, 3.63) is 53.3 Å². The third-order valence-corrected chi connectivity index (χ3v) is 3.27. The van der Waals surface area contributed by atoms with Gasteiger partial charge in [0.15, 0.2) is 0 Å². The quantitative estimate of drug-likeness (QED) is 0.897. The Morgan fingerprint density at radius 3 is 2.61 bits per heavy atom. The van der Waals surface area contributed by atoms with Gasteiger partial charge in [0.2, 0.25) is 0 Å². The van der Waals surface area contributed by atoms with Gasteiger partial charge in [-0.15, -0.1) is 0 Å². The van der Waals surface area contributed by atoms with Crippen LogP contribution in [0.3, 0.4) is 0 Å². The largest absolute Gasteiger partial charge is 0.322 e. The molecule has 3 heteroatoms. The average Bonchev–Trinajstić information content (AvgIpc) is 2.81. The van der Waals surface area contributed by atoms with Crippen LogP contribution < -0.4 is 5.73 Å². The summed E-state index contributed by atoms with van der Waals surface area (Å²) in [5.74, 6) is 0. The first-order valence-corrected chi connectivity index (χ1v) is 6.43. The second kappa shape index (κ2) is 5.36. The Morgan fingerprint density at radius 1 is 1.22 bits per heavy atom. The van der Waals surface area contributed by atoms with Gasteiger partial charge in [0, 0.05) is 12.2 Å². The Labute approximate surface area is 109 Å². The van der Waals surface area contributed by atoms with Crippen LogP contribution in [-0.4, -0.2) is 9.78 Å². The Kier molecular flexibility index (Phi) is 3.82. The highest BCUT2D eigenvalue weighted by atomic mass is 15.3. The number of nitrogens with two attached hydrogens (primary N) is 1. The normalized spacial score (nSPS) is 12.9.